The van der Waals surface area contributed by atoms with Crippen LogP contribution in [-0.2, 0) is 9.59 Å². The lowest BCUT2D eigenvalue weighted by Gasteiger charge is -2.31. The Morgan fingerprint density at radius 1 is 1.14 bits per heavy atom. The molecule has 8 heteroatoms. The van der Waals surface area contributed by atoms with E-state index in [1.807, 2.05) is 7.05 Å². The Morgan fingerprint density at radius 3 is 2.45 bits per heavy atom. The van der Waals surface area contributed by atoms with Gasteiger partial charge >= 0.3 is 0 Å². The standard InChI is InChI=1S/C21H28N4O4/c1-22-13-6-8-14(9-7-13)23-17-5-3-4-15(16(17)12-26)21(29)25(2)18-10-11-19(27)24-20(18)28/h3-5,12-14,18,22-23H,6-11H2,1-2H3,(H,24,27,28). The summed E-state index contributed by atoms with van der Waals surface area (Å²) >= 11 is 0. The Bertz CT molecular complexity index is 802. The topological polar surface area (TPSA) is 108 Å². The van der Waals surface area contributed by atoms with Crippen LogP contribution in [0, 0.1) is 0 Å². The van der Waals surface area contributed by atoms with Gasteiger partial charge < -0.3 is 15.5 Å². The number of benzene rings is 1. The predicted molar refractivity (Wildman–Crippen MR) is 109 cm³/mol. The summed E-state index contributed by atoms with van der Waals surface area (Å²) in [5, 5.41) is 8.98. The first-order valence-corrected chi connectivity index (χ1v) is 10.1. The van der Waals surface area contributed by atoms with E-state index in [0.717, 1.165) is 25.7 Å². The number of likely N-dealkylation sites (N-methyl/N-ethyl adjacent to an activating group) is 1. The number of amides is 3. The van der Waals surface area contributed by atoms with Crippen LogP contribution in [0.5, 0.6) is 0 Å². The number of carbonyl (C=O) groups is 4. The van der Waals surface area contributed by atoms with Gasteiger partial charge in [-0.1, -0.05) is 6.07 Å². The maximum Gasteiger partial charge on any atom is 0.255 e. The van der Waals surface area contributed by atoms with E-state index >= 15 is 0 Å². The highest BCUT2D eigenvalue weighted by Gasteiger charge is 2.33. The van der Waals surface area contributed by atoms with Crippen molar-refractivity contribution in [3.63, 3.8) is 0 Å². The van der Waals surface area contributed by atoms with E-state index in [0.29, 0.717) is 23.6 Å². The number of hydrogen-bond acceptors (Lipinski definition) is 6. The van der Waals surface area contributed by atoms with Crippen LogP contribution in [0.2, 0.25) is 0 Å². The van der Waals surface area contributed by atoms with Crippen LogP contribution >= 0.6 is 0 Å². The number of carbonyl (C=O) groups excluding carboxylic acids is 4. The molecule has 3 N–H and O–H groups in total. The van der Waals surface area contributed by atoms with Gasteiger partial charge in [0, 0.05) is 31.2 Å². The molecule has 1 atom stereocenters. The van der Waals surface area contributed by atoms with E-state index in [4.69, 9.17) is 0 Å². The second kappa shape index (κ2) is 9.17. The molecule has 8 nitrogen and oxygen atoms in total. The number of nitrogens with zero attached hydrogens (tertiary/aromatic N) is 1. The van der Waals surface area contributed by atoms with Crippen molar-refractivity contribution in [2.24, 2.45) is 0 Å². The highest BCUT2D eigenvalue weighted by Crippen LogP contribution is 2.26. The highest BCUT2D eigenvalue weighted by atomic mass is 16.2. The van der Waals surface area contributed by atoms with Crippen molar-refractivity contribution in [1.29, 1.82) is 0 Å². The zero-order valence-electron chi connectivity index (χ0n) is 16.9. The molecule has 1 saturated heterocycles. The van der Waals surface area contributed by atoms with E-state index in [9.17, 15) is 19.2 Å². The second-order valence-electron chi connectivity index (χ2n) is 7.75. The minimum Gasteiger partial charge on any atom is -0.382 e. The monoisotopic (exact) mass is 400 g/mol. The Labute approximate surface area is 170 Å². The summed E-state index contributed by atoms with van der Waals surface area (Å²) in [5.41, 5.74) is 1.18. The van der Waals surface area contributed by atoms with Crippen LogP contribution in [0.25, 0.3) is 0 Å². The maximum absolute atomic E-state index is 13.0. The molecule has 1 saturated carbocycles. The smallest absolute Gasteiger partial charge is 0.255 e. The van der Waals surface area contributed by atoms with Crippen LogP contribution in [0.3, 0.4) is 0 Å². The molecule has 3 rings (SSSR count). The fourth-order valence-electron chi connectivity index (χ4n) is 4.13. The summed E-state index contributed by atoms with van der Waals surface area (Å²) in [4.78, 5) is 49.7. The van der Waals surface area contributed by atoms with Gasteiger partial charge in [0.25, 0.3) is 5.91 Å². The van der Waals surface area contributed by atoms with E-state index in [1.165, 1.54) is 11.9 Å². The summed E-state index contributed by atoms with van der Waals surface area (Å²) in [6.07, 6.45) is 5.23. The van der Waals surface area contributed by atoms with Crippen molar-refractivity contribution in [2.45, 2.75) is 56.7 Å². The fourth-order valence-corrected chi connectivity index (χ4v) is 4.13. The molecule has 0 radical (unpaired) electrons. The minimum absolute atomic E-state index is 0.186. The number of rotatable bonds is 6. The molecule has 1 aromatic carbocycles. The van der Waals surface area contributed by atoms with Gasteiger partial charge in [-0.15, -0.1) is 0 Å². The Balaban J connectivity index is 1.76. The zero-order valence-corrected chi connectivity index (χ0v) is 16.9. The van der Waals surface area contributed by atoms with Crippen LogP contribution < -0.4 is 16.0 Å². The summed E-state index contributed by atoms with van der Waals surface area (Å²) in [6, 6.07) is 5.17. The van der Waals surface area contributed by atoms with Gasteiger partial charge in [-0.25, -0.2) is 0 Å². The van der Waals surface area contributed by atoms with Gasteiger partial charge in [0.05, 0.1) is 11.1 Å². The SMILES string of the molecule is CNC1CCC(Nc2cccc(C(=O)N(C)C3CCC(=O)NC3=O)c2C=O)CC1. The van der Waals surface area contributed by atoms with Crippen molar-refractivity contribution >= 4 is 29.7 Å². The Morgan fingerprint density at radius 2 is 1.83 bits per heavy atom. The van der Waals surface area contributed by atoms with Crippen molar-refractivity contribution in [3.8, 4) is 0 Å². The number of hydrogen-bond donors (Lipinski definition) is 3. The van der Waals surface area contributed by atoms with Crippen LogP contribution in [0.1, 0.15) is 59.2 Å². The molecule has 29 heavy (non-hydrogen) atoms. The maximum atomic E-state index is 13.0. The lowest BCUT2D eigenvalue weighted by atomic mass is 9.90. The molecular formula is C21H28N4O4. The molecule has 1 unspecified atom stereocenters. The van der Waals surface area contributed by atoms with E-state index < -0.39 is 17.9 Å². The third kappa shape index (κ3) is 4.64. The number of imide groups is 1. The quantitative estimate of drug-likeness (QED) is 0.491. The average molecular weight is 400 g/mol. The van der Waals surface area contributed by atoms with Crippen molar-refractivity contribution in [1.82, 2.24) is 15.5 Å². The number of aldehydes is 1. The molecule has 1 aliphatic heterocycles. The molecule has 0 spiro atoms. The average Bonchev–Trinajstić information content (AvgIpc) is 2.73. The van der Waals surface area contributed by atoms with Crippen LogP contribution in [-0.4, -0.2) is 61.1 Å². The van der Waals surface area contributed by atoms with Gasteiger partial charge in [0.15, 0.2) is 6.29 Å². The molecular weight excluding hydrogens is 372 g/mol. The Hall–Kier alpha value is -2.74. The first-order chi connectivity index (χ1) is 13.9. The van der Waals surface area contributed by atoms with Gasteiger partial charge in [0.2, 0.25) is 11.8 Å². The van der Waals surface area contributed by atoms with Crippen molar-refractivity contribution in [3.05, 3.63) is 29.3 Å². The van der Waals surface area contributed by atoms with Gasteiger partial charge in [-0.3, -0.25) is 24.5 Å². The molecule has 156 valence electrons. The Kier molecular flexibility index (Phi) is 6.64. The summed E-state index contributed by atoms with van der Waals surface area (Å²) in [6.45, 7) is 0. The summed E-state index contributed by atoms with van der Waals surface area (Å²) in [7, 11) is 3.49. The van der Waals surface area contributed by atoms with Crippen molar-refractivity contribution < 1.29 is 19.2 Å². The molecule has 2 aliphatic rings. The molecule has 1 aliphatic carbocycles. The third-order valence-corrected chi connectivity index (χ3v) is 5.95. The lowest BCUT2D eigenvalue weighted by molar-refractivity contribution is -0.136. The molecule has 2 fully saturated rings. The second-order valence-corrected chi connectivity index (χ2v) is 7.75. The molecule has 1 heterocycles. The van der Waals surface area contributed by atoms with Gasteiger partial charge in [-0.2, -0.15) is 0 Å². The summed E-state index contributed by atoms with van der Waals surface area (Å²) in [5.74, 6) is -1.23. The predicted octanol–water partition coefficient (Wildman–Crippen LogP) is 1.32. The molecule has 0 bridgehead atoms. The lowest BCUT2D eigenvalue weighted by Crippen LogP contribution is -2.53. The van der Waals surface area contributed by atoms with Crippen molar-refractivity contribution in [2.75, 3.05) is 19.4 Å². The van der Waals surface area contributed by atoms with Crippen LogP contribution in [0.4, 0.5) is 5.69 Å². The minimum atomic E-state index is -0.729. The highest BCUT2D eigenvalue weighted by molar-refractivity contribution is 6.07. The largest absolute Gasteiger partial charge is 0.382 e. The molecule has 0 aromatic heterocycles. The molecule has 3 amide bonds. The first-order valence-electron chi connectivity index (χ1n) is 10.1. The van der Waals surface area contributed by atoms with Gasteiger partial charge in [-0.05, 0) is 51.3 Å². The normalized spacial score (nSPS) is 24.6. The molecule has 1 aromatic rings. The van der Waals surface area contributed by atoms with E-state index in [1.54, 1.807) is 18.2 Å². The summed E-state index contributed by atoms with van der Waals surface area (Å²) < 4.78 is 0. The number of nitrogens with one attached hydrogen (secondary N) is 3. The van der Waals surface area contributed by atoms with Crippen LogP contribution in [0.15, 0.2) is 18.2 Å². The number of anilines is 1. The van der Waals surface area contributed by atoms with Gasteiger partial charge in [0.1, 0.15) is 6.04 Å². The number of piperidine rings is 1. The first kappa shape index (κ1) is 21.0. The zero-order chi connectivity index (χ0) is 21.0. The van der Waals surface area contributed by atoms with E-state index in [2.05, 4.69) is 16.0 Å². The van der Waals surface area contributed by atoms with E-state index in [-0.39, 0.29) is 30.4 Å². The third-order valence-electron chi connectivity index (χ3n) is 5.95. The fraction of sp³-hybridized carbons (Fsp3) is 0.524.